The fourth-order valence-corrected chi connectivity index (χ4v) is 1.60. The van der Waals surface area contributed by atoms with Crippen molar-refractivity contribution in [3.8, 4) is 0 Å². The van der Waals surface area contributed by atoms with Crippen molar-refractivity contribution in [2.45, 2.75) is 26.7 Å². The van der Waals surface area contributed by atoms with Gasteiger partial charge in [0, 0.05) is 0 Å². The van der Waals surface area contributed by atoms with E-state index in [1.807, 2.05) is 13.8 Å². The SMILES string of the molecule is CCC(C)CC(=O)On1nnc2ccccc2c1=O. The average molecular weight is 261 g/mol. The molecule has 0 saturated heterocycles. The summed E-state index contributed by atoms with van der Waals surface area (Å²) >= 11 is 0. The lowest BCUT2D eigenvalue weighted by atomic mass is 10.1. The van der Waals surface area contributed by atoms with E-state index in [-0.39, 0.29) is 12.3 Å². The fourth-order valence-electron chi connectivity index (χ4n) is 1.60. The molecule has 0 N–H and O–H groups in total. The first-order valence-corrected chi connectivity index (χ1v) is 6.17. The standard InChI is InChI=1S/C13H15N3O3/c1-3-9(2)8-12(17)19-16-13(18)10-6-4-5-7-11(10)14-15-16/h4-7,9H,3,8H2,1-2H3. The van der Waals surface area contributed by atoms with Gasteiger partial charge in [0.2, 0.25) is 0 Å². The molecule has 6 nitrogen and oxygen atoms in total. The maximum Gasteiger partial charge on any atom is 0.335 e. The minimum absolute atomic E-state index is 0.205. The van der Waals surface area contributed by atoms with Crippen LogP contribution in [0.3, 0.4) is 0 Å². The number of hydrogen-bond acceptors (Lipinski definition) is 5. The summed E-state index contributed by atoms with van der Waals surface area (Å²) in [5, 5.41) is 7.79. The van der Waals surface area contributed by atoms with Gasteiger partial charge in [-0.25, -0.2) is 4.79 Å². The highest BCUT2D eigenvalue weighted by atomic mass is 16.7. The van der Waals surface area contributed by atoms with E-state index in [2.05, 4.69) is 10.3 Å². The molecular formula is C13H15N3O3. The van der Waals surface area contributed by atoms with Gasteiger partial charge in [-0.05, 0) is 28.1 Å². The Morgan fingerprint density at radius 3 is 2.89 bits per heavy atom. The first-order valence-electron chi connectivity index (χ1n) is 6.17. The van der Waals surface area contributed by atoms with Gasteiger partial charge < -0.3 is 4.84 Å². The summed E-state index contributed by atoms with van der Waals surface area (Å²) in [6.45, 7) is 3.93. The van der Waals surface area contributed by atoms with Crippen LogP contribution in [0.4, 0.5) is 0 Å². The van der Waals surface area contributed by atoms with Crippen LogP contribution in [0.15, 0.2) is 29.1 Å². The molecule has 0 amide bonds. The molecule has 0 fully saturated rings. The van der Waals surface area contributed by atoms with Crippen LogP contribution < -0.4 is 10.4 Å². The highest BCUT2D eigenvalue weighted by Gasteiger charge is 2.13. The molecule has 0 bridgehead atoms. The molecule has 1 aromatic carbocycles. The summed E-state index contributed by atoms with van der Waals surface area (Å²) in [6, 6.07) is 6.77. The van der Waals surface area contributed by atoms with Crippen LogP contribution in [-0.2, 0) is 4.79 Å². The molecule has 0 aliphatic rings. The highest BCUT2D eigenvalue weighted by molar-refractivity contribution is 5.76. The topological polar surface area (TPSA) is 74.1 Å². The zero-order valence-corrected chi connectivity index (χ0v) is 10.9. The molecule has 19 heavy (non-hydrogen) atoms. The van der Waals surface area contributed by atoms with Gasteiger partial charge in [0.15, 0.2) is 0 Å². The van der Waals surface area contributed by atoms with E-state index in [9.17, 15) is 9.59 Å². The molecule has 0 aliphatic heterocycles. The molecule has 2 rings (SSSR count). The molecule has 0 radical (unpaired) electrons. The van der Waals surface area contributed by atoms with Crippen molar-refractivity contribution in [3.63, 3.8) is 0 Å². The third-order valence-corrected chi connectivity index (χ3v) is 2.94. The molecule has 1 heterocycles. The van der Waals surface area contributed by atoms with Crippen molar-refractivity contribution >= 4 is 16.9 Å². The van der Waals surface area contributed by atoms with Crippen LogP contribution >= 0.6 is 0 Å². The lowest BCUT2D eigenvalue weighted by Gasteiger charge is -2.08. The van der Waals surface area contributed by atoms with E-state index in [0.29, 0.717) is 15.7 Å². The number of aromatic nitrogens is 3. The second kappa shape index (κ2) is 5.60. The summed E-state index contributed by atoms with van der Waals surface area (Å²) in [4.78, 5) is 29.2. The summed E-state index contributed by atoms with van der Waals surface area (Å²) in [7, 11) is 0. The van der Waals surface area contributed by atoms with Crippen molar-refractivity contribution in [2.75, 3.05) is 0 Å². The summed E-state index contributed by atoms with van der Waals surface area (Å²) in [6.07, 6.45) is 1.12. The minimum Gasteiger partial charge on any atom is -0.314 e. The number of carbonyl (C=O) groups is 1. The summed E-state index contributed by atoms with van der Waals surface area (Å²) < 4.78 is 0. The Balaban J connectivity index is 2.24. The number of carbonyl (C=O) groups excluding carboxylic acids is 1. The second-order valence-electron chi connectivity index (χ2n) is 4.47. The molecule has 0 saturated carbocycles. The molecule has 100 valence electrons. The van der Waals surface area contributed by atoms with E-state index < -0.39 is 11.5 Å². The number of rotatable bonds is 4. The first kappa shape index (κ1) is 13.2. The predicted molar refractivity (Wildman–Crippen MR) is 69.5 cm³/mol. The van der Waals surface area contributed by atoms with Crippen molar-refractivity contribution in [2.24, 2.45) is 5.92 Å². The van der Waals surface area contributed by atoms with E-state index in [4.69, 9.17) is 4.84 Å². The van der Waals surface area contributed by atoms with Crippen LogP contribution in [-0.4, -0.2) is 21.1 Å². The van der Waals surface area contributed by atoms with Gasteiger partial charge in [0.05, 0.1) is 11.8 Å². The Hall–Kier alpha value is -2.24. The van der Waals surface area contributed by atoms with Gasteiger partial charge in [-0.1, -0.05) is 32.4 Å². The first-order chi connectivity index (χ1) is 9.11. The van der Waals surface area contributed by atoms with Gasteiger partial charge in [-0.2, -0.15) is 0 Å². The lowest BCUT2D eigenvalue weighted by molar-refractivity contribution is -0.147. The average Bonchev–Trinajstić information content (AvgIpc) is 2.42. The fraction of sp³-hybridized carbons (Fsp3) is 0.385. The molecule has 0 spiro atoms. The van der Waals surface area contributed by atoms with Crippen LogP contribution in [0, 0.1) is 5.92 Å². The minimum atomic E-state index is -0.485. The second-order valence-corrected chi connectivity index (χ2v) is 4.47. The molecule has 1 aromatic heterocycles. The maximum absolute atomic E-state index is 12.0. The van der Waals surface area contributed by atoms with Crippen LogP contribution in [0.1, 0.15) is 26.7 Å². The van der Waals surface area contributed by atoms with E-state index in [1.165, 1.54) is 0 Å². The zero-order chi connectivity index (χ0) is 13.8. The predicted octanol–water partition coefficient (Wildman–Crippen LogP) is 1.18. The van der Waals surface area contributed by atoms with E-state index >= 15 is 0 Å². The Kier molecular flexibility index (Phi) is 3.89. The number of benzene rings is 1. The smallest absolute Gasteiger partial charge is 0.314 e. The largest absolute Gasteiger partial charge is 0.335 e. The normalized spacial score (nSPS) is 12.3. The highest BCUT2D eigenvalue weighted by Crippen LogP contribution is 2.06. The number of hydrogen-bond donors (Lipinski definition) is 0. The molecule has 1 atom stereocenters. The quantitative estimate of drug-likeness (QED) is 0.773. The monoisotopic (exact) mass is 261 g/mol. The molecule has 2 aromatic rings. The summed E-state index contributed by atoms with van der Waals surface area (Å²) in [5.74, 6) is -0.280. The zero-order valence-electron chi connectivity index (χ0n) is 10.9. The van der Waals surface area contributed by atoms with Gasteiger partial charge >= 0.3 is 11.5 Å². The van der Waals surface area contributed by atoms with Gasteiger partial charge in [-0.3, -0.25) is 4.79 Å². The van der Waals surface area contributed by atoms with Crippen molar-refractivity contribution in [1.82, 2.24) is 15.2 Å². The maximum atomic E-state index is 12.0. The number of fused-ring (bicyclic) bond motifs is 1. The molecule has 6 heteroatoms. The van der Waals surface area contributed by atoms with Gasteiger partial charge in [0.1, 0.15) is 5.52 Å². The van der Waals surface area contributed by atoms with Gasteiger partial charge in [0.25, 0.3) is 0 Å². The van der Waals surface area contributed by atoms with Crippen molar-refractivity contribution in [3.05, 3.63) is 34.6 Å². The van der Waals surface area contributed by atoms with Crippen LogP contribution in [0.2, 0.25) is 0 Å². The van der Waals surface area contributed by atoms with Crippen LogP contribution in [0.25, 0.3) is 10.9 Å². The Bertz CT molecular complexity index is 651. The van der Waals surface area contributed by atoms with Crippen molar-refractivity contribution in [1.29, 1.82) is 0 Å². The van der Waals surface area contributed by atoms with Crippen molar-refractivity contribution < 1.29 is 9.63 Å². The lowest BCUT2D eigenvalue weighted by Crippen LogP contribution is -2.34. The molecule has 0 aliphatic carbocycles. The van der Waals surface area contributed by atoms with Gasteiger partial charge in [-0.15, -0.1) is 5.10 Å². The summed E-state index contributed by atoms with van der Waals surface area (Å²) in [5.41, 5.74) is -0.00942. The molecular weight excluding hydrogens is 246 g/mol. The third-order valence-electron chi connectivity index (χ3n) is 2.94. The third kappa shape index (κ3) is 2.96. The Labute approximate surface area is 109 Å². The Morgan fingerprint density at radius 1 is 1.42 bits per heavy atom. The number of nitrogens with zero attached hydrogens (tertiary/aromatic N) is 3. The van der Waals surface area contributed by atoms with Crippen LogP contribution in [0.5, 0.6) is 0 Å². The van der Waals surface area contributed by atoms with E-state index in [1.54, 1.807) is 24.3 Å². The molecule has 1 unspecified atom stereocenters. The Morgan fingerprint density at radius 2 is 2.16 bits per heavy atom. The van der Waals surface area contributed by atoms with E-state index in [0.717, 1.165) is 6.42 Å².